The van der Waals surface area contributed by atoms with E-state index in [-0.39, 0.29) is 6.04 Å². The first-order valence-corrected chi connectivity index (χ1v) is 4.85. The smallest absolute Gasteiger partial charge is 0.0693 e. The van der Waals surface area contributed by atoms with Gasteiger partial charge < -0.3 is 4.74 Å². The number of rotatable bonds is 5. The number of aryl methyl sites for hydroxylation is 1. The van der Waals surface area contributed by atoms with Crippen molar-refractivity contribution < 1.29 is 4.74 Å². The van der Waals surface area contributed by atoms with Gasteiger partial charge in [0, 0.05) is 7.11 Å². The van der Waals surface area contributed by atoms with E-state index in [9.17, 15) is 0 Å². The van der Waals surface area contributed by atoms with Gasteiger partial charge in [-0.25, -0.2) is 0 Å². The van der Waals surface area contributed by atoms with Gasteiger partial charge in [-0.15, -0.1) is 0 Å². The molecule has 1 rings (SSSR count). The van der Waals surface area contributed by atoms with Gasteiger partial charge in [-0.2, -0.15) is 0 Å². The van der Waals surface area contributed by atoms with Crippen LogP contribution in [0, 0.1) is 0 Å². The molecule has 1 aromatic rings. The molecule has 0 radical (unpaired) electrons. The molecule has 78 valence electrons. The Kier molecular flexibility index (Phi) is 4.59. The van der Waals surface area contributed by atoms with Gasteiger partial charge in [-0.05, 0) is 17.5 Å². The summed E-state index contributed by atoms with van der Waals surface area (Å²) in [6.07, 6.45) is 1.04. The van der Waals surface area contributed by atoms with E-state index in [1.54, 1.807) is 7.11 Å². The molecular formula is C11H18N2O. The van der Waals surface area contributed by atoms with Gasteiger partial charge in [0.15, 0.2) is 0 Å². The van der Waals surface area contributed by atoms with Crippen molar-refractivity contribution in [2.24, 2.45) is 5.84 Å². The van der Waals surface area contributed by atoms with E-state index in [2.05, 4.69) is 30.5 Å². The number of benzene rings is 1. The average Bonchev–Trinajstić information content (AvgIpc) is 2.26. The van der Waals surface area contributed by atoms with Gasteiger partial charge in [0.05, 0.1) is 12.6 Å². The van der Waals surface area contributed by atoms with Gasteiger partial charge in [-0.1, -0.05) is 31.2 Å². The summed E-state index contributed by atoms with van der Waals surface area (Å²) in [7, 11) is 1.67. The second-order valence-corrected chi connectivity index (χ2v) is 3.27. The van der Waals surface area contributed by atoms with Crippen molar-refractivity contribution in [1.29, 1.82) is 0 Å². The van der Waals surface area contributed by atoms with Gasteiger partial charge >= 0.3 is 0 Å². The average molecular weight is 194 g/mol. The van der Waals surface area contributed by atoms with Crippen molar-refractivity contribution in [2.75, 3.05) is 13.7 Å². The van der Waals surface area contributed by atoms with Gasteiger partial charge in [-0.3, -0.25) is 11.3 Å². The monoisotopic (exact) mass is 194 g/mol. The first-order chi connectivity index (χ1) is 6.81. The van der Waals surface area contributed by atoms with Gasteiger partial charge in [0.1, 0.15) is 0 Å². The molecule has 3 nitrogen and oxygen atoms in total. The number of hydrogen-bond donors (Lipinski definition) is 2. The highest BCUT2D eigenvalue weighted by molar-refractivity contribution is 5.26. The molecule has 1 unspecified atom stereocenters. The molecule has 3 N–H and O–H groups in total. The number of nitrogens with one attached hydrogen (secondary N) is 1. The lowest BCUT2D eigenvalue weighted by Gasteiger charge is -2.15. The van der Waals surface area contributed by atoms with Crippen molar-refractivity contribution in [3.05, 3.63) is 35.4 Å². The molecule has 0 aromatic heterocycles. The fourth-order valence-corrected chi connectivity index (χ4v) is 1.44. The molecule has 14 heavy (non-hydrogen) atoms. The van der Waals surface area contributed by atoms with E-state index in [0.29, 0.717) is 6.61 Å². The highest BCUT2D eigenvalue weighted by atomic mass is 16.5. The van der Waals surface area contributed by atoms with Crippen LogP contribution in [0.5, 0.6) is 0 Å². The van der Waals surface area contributed by atoms with Crippen LogP contribution in [0.25, 0.3) is 0 Å². The third-order valence-corrected chi connectivity index (χ3v) is 2.30. The zero-order valence-corrected chi connectivity index (χ0v) is 8.79. The first-order valence-electron chi connectivity index (χ1n) is 4.85. The third kappa shape index (κ3) is 2.80. The Hall–Kier alpha value is -0.900. The van der Waals surface area contributed by atoms with Crippen molar-refractivity contribution in [1.82, 2.24) is 5.43 Å². The summed E-state index contributed by atoms with van der Waals surface area (Å²) >= 11 is 0. The van der Waals surface area contributed by atoms with Crippen LogP contribution in [-0.2, 0) is 11.2 Å². The predicted octanol–water partition coefficient (Wildman–Crippen LogP) is 1.40. The van der Waals surface area contributed by atoms with E-state index in [1.165, 1.54) is 11.1 Å². The van der Waals surface area contributed by atoms with E-state index >= 15 is 0 Å². The third-order valence-electron chi connectivity index (χ3n) is 2.30. The lowest BCUT2D eigenvalue weighted by atomic mass is 10.0. The number of hydrogen-bond acceptors (Lipinski definition) is 3. The van der Waals surface area contributed by atoms with E-state index in [1.807, 2.05) is 6.07 Å². The van der Waals surface area contributed by atoms with Crippen LogP contribution in [0.15, 0.2) is 24.3 Å². The van der Waals surface area contributed by atoms with Crippen LogP contribution in [0.3, 0.4) is 0 Å². The Labute approximate surface area is 85.2 Å². The molecule has 0 aliphatic carbocycles. The van der Waals surface area contributed by atoms with Crippen LogP contribution in [-0.4, -0.2) is 13.7 Å². The lowest BCUT2D eigenvalue weighted by Crippen LogP contribution is -2.31. The van der Waals surface area contributed by atoms with E-state index in [0.717, 1.165) is 6.42 Å². The van der Waals surface area contributed by atoms with Crippen LogP contribution in [0.2, 0.25) is 0 Å². The molecule has 0 aliphatic heterocycles. The normalized spacial score (nSPS) is 12.8. The zero-order valence-electron chi connectivity index (χ0n) is 8.79. The van der Waals surface area contributed by atoms with Crippen LogP contribution in [0.4, 0.5) is 0 Å². The highest BCUT2D eigenvalue weighted by Gasteiger charge is 2.08. The molecule has 0 aliphatic rings. The summed E-state index contributed by atoms with van der Waals surface area (Å²) in [5, 5.41) is 0. The molecule has 1 aromatic carbocycles. The maximum atomic E-state index is 5.45. The van der Waals surface area contributed by atoms with E-state index < -0.39 is 0 Å². The Morgan fingerprint density at radius 2 is 2.29 bits per heavy atom. The number of methoxy groups -OCH3 is 1. The Morgan fingerprint density at radius 1 is 1.50 bits per heavy atom. The topological polar surface area (TPSA) is 47.3 Å². The molecule has 0 heterocycles. The largest absolute Gasteiger partial charge is 0.383 e. The summed E-state index contributed by atoms with van der Waals surface area (Å²) in [6.45, 7) is 2.73. The molecule has 1 atom stereocenters. The van der Waals surface area contributed by atoms with Gasteiger partial charge in [0.2, 0.25) is 0 Å². The van der Waals surface area contributed by atoms with Crippen molar-refractivity contribution in [3.63, 3.8) is 0 Å². The number of hydrazine groups is 1. The minimum atomic E-state index is 0.0755. The summed E-state index contributed by atoms with van der Waals surface area (Å²) in [4.78, 5) is 0. The molecule has 0 saturated heterocycles. The summed E-state index contributed by atoms with van der Waals surface area (Å²) in [6, 6.07) is 8.45. The molecule has 0 saturated carbocycles. The predicted molar refractivity (Wildman–Crippen MR) is 57.8 cm³/mol. The maximum Gasteiger partial charge on any atom is 0.0693 e. The Balaban J connectivity index is 2.80. The Morgan fingerprint density at radius 3 is 2.86 bits per heavy atom. The molecular weight excluding hydrogens is 176 g/mol. The second-order valence-electron chi connectivity index (χ2n) is 3.27. The lowest BCUT2D eigenvalue weighted by molar-refractivity contribution is 0.167. The van der Waals surface area contributed by atoms with Gasteiger partial charge in [0.25, 0.3) is 0 Å². The van der Waals surface area contributed by atoms with Crippen molar-refractivity contribution in [2.45, 2.75) is 19.4 Å². The number of nitrogens with two attached hydrogens (primary N) is 1. The highest BCUT2D eigenvalue weighted by Crippen LogP contribution is 2.14. The first kappa shape index (κ1) is 11.2. The van der Waals surface area contributed by atoms with Crippen molar-refractivity contribution >= 4 is 0 Å². The quantitative estimate of drug-likeness (QED) is 0.550. The minimum absolute atomic E-state index is 0.0755. The minimum Gasteiger partial charge on any atom is -0.383 e. The van der Waals surface area contributed by atoms with E-state index in [4.69, 9.17) is 10.6 Å². The standard InChI is InChI=1S/C11H18N2O/c1-3-9-5-4-6-10(7-9)11(13-12)8-14-2/h4-7,11,13H,3,8,12H2,1-2H3. The summed E-state index contributed by atoms with van der Waals surface area (Å²) < 4.78 is 5.08. The number of ether oxygens (including phenoxy) is 1. The molecule has 3 heteroatoms. The molecule has 0 spiro atoms. The zero-order chi connectivity index (χ0) is 10.4. The van der Waals surface area contributed by atoms with Crippen LogP contribution in [0.1, 0.15) is 24.1 Å². The molecule has 0 bridgehead atoms. The van der Waals surface area contributed by atoms with Crippen molar-refractivity contribution in [3.8, 4) is 0 Å². The summed E-state index contributed by atoms with van der Waals surface area (Å²) in [5.74, 6) is 5.45. The molecule has 0 amide bonds. The Bertz CT molecular complexity index is 276. The fraction of sp³-hybridized carbons (Fsp3) is 0.455. The second kappa shape index (κ2) is 5.75. The summed E-state index contributed by atoms with van der Waals surface area (Å²) in [5.41, 5.74) is 5.24. The van der Waals surface area contributed by atoms with Crippen LogP contribution < -0.4 is 11.3 Å². The van der Waals surface area contributed by atoms with Crippen LogP contribution >= 0.6 is 0 Å². The SMILES string of the molecule is CCc1cccc(C(COC)NN)c1. The maximum absolute atomic E-state index is 5.45. The fourth-order valence-electron chi connectivity index (χ4n) is 1.44. The molecule has 0 fully saturated rings.